The highest BCUT2D eigenvalue weighted by atomic mass is 16.5. The van der Waals surface area contributed by atoms with E-state index in [1.54, 1.807) is 18.3 Å². The summed E-state index contributed by atoms with van der Waals surface area (Å²) in [5.41, 5.74) is 0.462. The third kappa shape index (κ3) is 6.23. The van der Waals surface area contributed by atoms with Crippen LogP contribution in [0.4, 0.5) is 0 Å². The number of carbonyl (C=O) groups is 2. The maximum absolute atomic E-state index is 12.0. The van der Waals surface area contributed by atoms with Crippen molar-refractivity contribution >= 4 is 11.9 Å². The summed E-state index contributed by atoms with van der Waals surface area (Å²) in [6.07, 6.45) is 7.37. The first-order chi connectivity index (χ1) is 11.1. The van der Waals surface area contributed by atoms with Gasteiger partial charge in [-0.05, 0) is 31.7 Å². The van der Waals surface area contributed by atoms with E-state index in [0.717, 1.165) is 12.8 Å². The minimum Gasteiger partial charge on any atom is -0.480 e. The van der Waals surface area contributed by atoms with Crippen molar-refractivity contribution in [3.8, 4) is 5.88 Å². The van der Waals surface area contributed by atoms with Gasteiger partial charge in [0.15, 0.2) is 0 Å². The number of carbonyl (C=O) groups excluding carboxylic acids is 1. The molecule has 126 valence electrons. The third-order valence-electron chi connectivity index (χ3n) is 3.59. The number of hydrogen-bond donors (Lipinski definition) is 2. The van der Waals surface area contributed by atoms with E-state index < -0.39 is 5.97 Å². The Morgan fingerprint density at radius 2 is 2.09 bits per heavy atom. The van der Waals surface area contributed by atoms with Crippen molar-refractivity contribution in [3.63, 3.8) is 0 Å². The predicted octanol–water partition coefficient (Wildman–Crippen LogP) is 1.62. The van der Waals surface area contributed by atoms with Crippen molar-refractivity contribution in [1.29, 1.82) is 0 Å². The summed E-state index contributed by atoms with van der Waals surface area (Å²) in [7, 11) is 0. The number of aromatic nitrogens is 1. The highest BCUT2D eigenvalue weighted by Gasteiger charge is 2.16. The van der Waals surface area contributed by atoms with E-state index in [4.69, 9.17) is 14.6 Å². The molecule has 1 heterocycles. The molecule has 0 saturated heterocycles. The molecule has 0 unspecified atom stereocenters. The topological polar surface area (TPSA) is 97.8 Å². The van der Waals surface area contributed by atoms with E-state index in [9.17, 15) is 9.59 Å². The van der Waals surface area contributed by atoms with Gasteiger partial charge in [0.05, 0.1) is 6.61 Å². The summed E-state index contributed by atoms with van der Waals surface area (Å²) in [5, 5.41) is 11.1. The van der Waals surface area contributed by atoms with Gasteiger partial charge in [-0.3, -0.25) is 4.79 Å². The molecule has 1 aromatic rings. The molecule has 2 rings (SSSR count). The lowest BCUT2D eigenvalue weighted by Gasteiger charge is -2.22. The molecule has 23 heavy (non-hydrogen) atoms. The van der Waals surface area contributed by atoms with Gasteiger partial charge in [0.2, 0.25) is 5.88 Å². The summed E-state index contributed by atoms with van der Waals surface area (Å²) in [5.74, 6) is -0.832. The maximum atomic E-state index is 12.0. The minimum atomic E-state index is -1.03. The molecule has 0 radical (unpaired) electrons. The molecule has 1 aliphatic rings. The second-order valence-corrected chi connectivity index (χ2v) is 5.46. The van der Waals surface area contributed by atoms with Crippen LogP contribution >= 0.6 is 0 Å². The Balaban J connectivity index is 1.78. The van der Waals surface area contributed by atoms with Crippen LogP contribution in [0.1, 0.15) is 42.5 Å². The van der Waals surface area contributed by atoms with Gasteiger partial charge in [0.1, 0.15) is 12.7 Å². The second-order valence-electron chi connectivity index (χ2n) is 5.46. The van der Waals surface area contributed by atoms with Crippen molar-refractivity contribution < 1.29 is 24.2 Å². The van der Waals surface area contributed by atoms with Crippen molar-refractivity contribution in [2.24, 2.45) is 0 Å². The summed E-state index contributed by atoms with van der Waals surface area (Å²) in [6.45, 7) is 0.0201. The largest absolute Gasteiger partial charge is 0.480 e. The van der Waals surface area contributed by atoms with Gasteiger partial charge >= 0.3 is 5.97 Å². The number of carboxylic acid groups (broad SMARTS) is 1. The molecule has 1 aliphatic carbocycles. The molecule has 7 nitrogen and oxygen atoms in total. The summed E-state index contributed by atoms with van der Waals surface area (Å²) >= 11 is 0. The molecule has 1 fully saturated rings. The molecule has 7 heteroatoms. The lowest BCUT2D eigenvalue weighted by molar-refractivity contribution is -0.142. The molecule has 0 aromatic carbocycles. The van der Waals surface area contributed by atoms with Gasteiger partial charge in [-0.1, -0.05) is 6.42 Å². The smallest absolute Gasteiger partial charge is 0.329 e. The van der Waals surface area contributed by atoms with Crippen LogP contribution in [-0.4, -0.2) is 47.8 Å². The Labute approximate surface area is 135 Å². The van der Waals surface area contributed by atoms with Crippen molar-refractivity contribution in [3.05, 3.63) is 23.9 Å². The monoisotopic (exact) mass is 322 g/mol. The summed E-state index contributed by atoms with van der Waals surface area (Å²) in [6, 6.07) is 3.24. The number of carboxylic acids is 1. The Bertz CT molecular complexity index is 529. The quantitative estimate of drug-likeness (QED) is 0.706. The van der Waals surface area contributed by atoms with Crippen molar-refractivity contribution in [2.75, 3.05) is 19.8 Å². The number of hydrogen-bond acceptors (Lipinski definition) is 5. The number of ether oxygens (including phenoxy) is 2. The van der Waals surface area contributed by atoms with Gasteiger partial charge in [0.25, 0.3) is 5.91 Å². The zero-order valence-electron chi connectivity index (χ0n) is 13.0. The maximum Gasteiger partial charge on any atom is 0.329 e. The van der Waals surface area contributed by atoms with E-state index in [1.807, 2.05) is 0 Å². The van der Waals surface area contributed by atoms with E-state index >= 15 is 0 Å². The summed E-state index contributed by atoms with van der Waals surface area (Å²) in [4.78, 5) is 26.5. The lowest BCUT2D eigenvalue weighted by Crippen LogP contribution is -2.28. The average Bonchev–Trinajstić information content (AvgIpc) is 2.55. The van der Waals surface area contributed by atoms with Gasteiger partial charge in [0, 0.05) is 24.4 Å². The Morgan fingerprint density at radius 1 is 1.30 bits per heavy atom. The average molecular weight is 322 g/mol. The number of aliphatic carboxylic acids is 1. The normalized spacial score (nSPS) is 15.1. The standard InChI is InChI=1S/C16H22N2O5/c19-15(20)11-22-9-8-18-16(21)12-6-7-17-14(10-12)23-13-4-2-1-3-5-13/h6-7,10,13H,1-5,8-9,11H2,(H,18,21)(H,19,20). The van der Waals surface area contributed by atoms with E-state index in [0.29, 0.717) is 11.4 Å². The Hall–Kier alpha value is -2.15. The zero-order chi connectivity index (χ0) is 16.5. The highest BCUT2D eigenvalue weighted by molar-refractivity contribution is 5.94. The molecule has 1 saturated carbocycles. The first-order valence-electron chi connectivity index (χ1n) is 7.85. The van der Waals surface area contributed by atoms with Crippen LogP contribution in [0.5, 0.6) is 5.88 Å². The molecule has 0 atom stereocenters. The number of rotatable bonds is 8. The Kier molecular flexibility index (Phi) is 6.80. The number of nitrogens with zero attached hydrogens (tertiary/aromatic N) is 1. The van der Waals surface area contributed by atoms with Gasteiger partial charge in [-0.15, -0.1) is 0 Å². The SMILES string of the molecule is O=C(O)COCCNC(=O)c1ccnc(OC2CCCCC2)c1. The zero-order valence-corrected chi connectivity index (χ0v) is 13.0. The van der Waals surface area contributed by atoms with Gasteiger partial charge in [-0.2, -0.15) is 0 Å². The highest BCUT2D eigenvalue weighted by Crippen LogP contribution is 2.22. The van der Waals surface area contributed by atoms with Gasteiger partial charge in [-0.25, -0.2) is 9.78 Å². The molecular weight excluding hydrogens is 300 g/mol. The minimum absolute atomic E-state index is 0.147. The fourth-order valence-corrected chi connectivity index (χ4v) is 2.47. The molecule has 0 bridgehead atoms. The fraction of sp³-hybridized carbons (Fsp3) is 0.562. The van der Waals surface area contributed by atoms with Gasteiger partial charge < -0.3 is 19.9 Å². The first kappa shape index (κ1) is 17.2. The summed E-state index contributed by atoms with van der Waals surface area (Å²) < 4.78 is 10.7. The van der Waals surface area contributed by atoms with Crippen molar-refractivity contribution in [1.82, 2.24) is 10.3 Å². The van der Waals surface area contributed by atoms with Crippen LogP contribution in [0.2, 0.25) is 0 Å². The van der Waals surface area contributed by atoms with E-state index in [2.05, 4.69) is 10.3 Å². The fourth-order valence-electron chi connectivity index (χ4n) is 2.47. The molecule has 1 aromatic heterocycles. The molecular formula is C16H22N2O5. The lowest BCUT2D eigenvalue weighted by atomic mass is 9.98. The molecule has 1 amide bonds. The van der Waals surface area contributed by atoms with Crippen LogP contribution in [0.15, 0.2) is 18.3 Å². The predicted molar refractivity (Wildman–Crippen MR) is 82.5 cm³/mol. The van der Waals surface area contributed by atoms with Crippen molar-refractivity contribution in [2.45, 2.75) is 38.2 Å². The van der Waals surface area contributed by atoms with Crippen LogP contribution in [-0.2, 0) is 9.53 Å². The number of amides is 1. The first-order valence-corrected chi connectivity index (χ1v) is 7.85. The molecule has 2 N–H and O–H groups in total. The Morgan fingerprint density at radius 3 is 2.83 bits per heavy atom. The van der Waals surface area contributed by atoms with E-state index in [1.165, 1.54) is 19.3 Å². The second kappa shape index (κ2) is 9.09. The number of nitrogens with one attached hydrogen (secondary N) is 1. The van der Waals surface area contributed by atoms with Crippen LogP contribution in [0.25, 0.3) is 0 Å². The van der Waals surface area contributed by atoms with Crippen LogP contribution in [0.3, 0.4) is 0 Å². The number of pyridine rings is 1. The third-order valence-corrected chi connectivity index (χ3v) is 3.59. The van der Waals surface area contributed by atoms with Crippen LogP contribution in [0, 0.1) is 0 Å². The molecule has 0 spiro atoms. The van der Waals surface area contributed by atoms with Crippen LogP contribution < -0.4 is 10.1 Å². The molecule has 0 aliphatic heterocycles. The van der Waals surface area contributed by atoms with E-state index in [-0.39, 0.29) is 31.8 Å².